The van der Waals surface area contributed by atoms with Gasteiger partial charge in [0.1, 0.15) is 0 Å². The number of anilines is 1. The standard InChI is InChI=1S/C22H25N7OS/c1-12-19(13(2)28(4)27-12)24-21(30)14(3)31-22-26-25-20(29(22)15-9-10-15)17-11-23-18-8-6-5-7-16(17)18/h5-8,11,14-15,23H,9-10H2,1-4H3,(H,24,30)/t14-/m1/s1. The molecule has 1 saturated carbocycles. The molecule has 1 fully saturated rings. The van der Waals surface area contributed by atoms with Gasteiger partial charge in [-0.1, -0.05) is 30.0 Å². The second kappa shape index (κ2) is 7.56. The summed E-state index contributed by atoms with van der Waals surface area (Å²) >= 11 is 1.45. The monoisotopic (exact) mass is 435 g/mol. The maximum absolute atomic E-state index is 12.9. The third-order valence-electron chi connectivity index (χ3n) is 5.82. The van der Waals surface area contributed by atoms with Crippen molar-refractivity contribution >= 4 is 34.3 Å². The van der Waals surface area contributed by atoms with Crippen LogP contribution in [0, 0.1) is 13.8 Å². The molecule has 0 radical (unpaired) electrons. The molecule has 1 amide bonds. The van der Waals surface area contributed by atoms with Crippen LogP contribution in [0.25, 0.3) is 22.3 Å². The van der Waals surface area contributed by atoms with Gasteiger partial charge in [-0.05, 0) is 39.7 Å². The number of nitrogens with zero attached hydrogens (tertiary/aromatic N) is 5. The molecule has 2 N–H and O–H groups in total. The molecule has 1 aromatic carbocycles. The number of para-hydroxylation sites is 1. The Morgan fingerprint density at radius 1 is 1.26 bits per heavy atom. The number of H-pyrrole nitrogens is 1. The van der Waals surface area contributed by atoms with E-state index in [1.807, 2.05) is 46.1 Å². The minimum absolute atomic E-state index is 0.0665. The van der Waals surface area contributed by atoms with E-state index in [4.69, 9.17) is 0 Å². The molecule has 3 heterocycles. The van der Waals surface area contributed by atoms with Crippen LogP contribution in [-0.2, 0) is 11.8 Å². The first-order valence-electron chi connectivity index (χ1n) is 10.4. The van der Waals surface area contributed by atoms with Gasteiger partial charge in [0.15, 0.2) is 11.0 Å². The molecule has 9 heteroatoms. The highest BCUT2D eigenvalue weighted by Gasteiger charge is 2.32. The van der Waals surface area contributed by atoms with Crippen molar-refractivity contribution in [3.63, 3.8) is 0 Å². The lowest BCUT2D eigenvalue weighted by molar-refractivity contribution is -0.115. The number of nitrogens with one attached hydrogen (secondary N) is 2. The molecule has 0 aliphatic heterocycles. The van der Waals surface area contributed by atoms with E-state index in [1.54, 1.807) is 4.68 Å². The number of carbonyl (C=O) groups is 1. The van der Waals surface area contributed by atoms with Crippen molar-refractivity contribution in [1.29, 1.82) is 0 Å². The molecule has 3 aromatic heterocycles. The fraction of sp³-hybridized carbons (Fsp3) is 0.364. The van der Waals surface area contributed by atoms with Gasteiger partial charge in [0.05, 0.1) is 22.3 Å². The second-order valence-corrected chi connectivity index (χ2v) is 9.38. The lowest BCUT2D eigenvalue weighted by Crippen LogP contribution is -2.23. The maximum Gasteiger partial charge on any atom is 0.237 e. The fourth-order valence-electron chi connectivity index (χ4n) is 3.85. The highest BCUT2D eigenvalue weighted by Crippen LogP contribution is 2.42. The summed E-state index contributed by atoms with van der Waals surface area (Å²) in [5.41, 5.74) is 4.65. The lowest BCUT2D eigenvalue weighted by atomic mass is 10.1. The van der Waals surface area contributed by atoms with Crippen molar-refractivity contribution in [2.45, 2.75) is 50.1 Å². The molecular formula is C22H25N7OS. The van der Waals surface area contributed by atoms with Crippen molar-refractivity contribution < 1.29 is 4.79 Å². The molecule has 0 spiro atoms. The number of hydrogen-bond donors (Lipinski definition) is 2. The van der Waals surface area contributed by atoms with Crippen LogP contribution in [0.2, 0.25) is 0 Å². The minimum atomic E-state index is -0.323. The average Bonchev–Trinajstić information content (AvgIpc) is 3.30. The van der Waals surface area contributed by atoms with E-state index in [-0.39, 0.29) is 11.2 Å². The van der Waals surface area contributed by atoms with Crippen molar-refractivity contribution in [3.8, 4) is 11.4 Å². The van der Waals surface area contributed by atoms with Crippen LogP contribution >= 0.6 is 11.8 Å². The molecule has 8 nitrogen and oxygen atoms in total. The molecule has 5 rings (SSSR count). The summed E-state index contributed by atoms with van der Waals surface area (Å²) in [6.07, 6.45) is 4.21. The highest BCUT2D eigenvalue weighted by molar-refractivity contribution is 8.00. The first kappa shape index (κ1) is 19.9. The van der Waals surface area contributed by atoms with E-state index in [2.05, 4.69) is 42.3 Å². The zero-order valence-electron chi connectivity index (χ0n) is 18.0. The highest BCUT2D eigenvalue weighted by atomic mass is 32.2. The Balaban J connectivity index is 1.41. The van der Waals surface area contributed by atoms with Crippen molar-refractivity contribution in [1.82, 2.24) is 29.5 Å². The van der Waals surface area contributed by atoms with Crippen molar-refractivity contribution in [2.24, 2.45) is 7.05 Å². The molecule has 160 valence electrons. The Morgan fingerprint density at radius 2 is 2.03 bits per heavy atom. The zero-order chi connectivity index (χ0) is 21.7. The molecule has 31 heavy (non-hydrogen) atoms. The topological polar surface area (TPSA) is 93.4 Å². The van der Waals surface area contributed by atoms with E-state index in [0.717, 1.165) is 57.4 Å². The number of aromatic nitrogens is 6. The van der Waals surface area contributed by atoms with E-state index < -0.39 is 0 Å². The number of aromatic amines is 1. The SMILES string of the molecule is Cc1nn(C)c(C)c1NC(=O)[C@@H](C)Sc1nnc(-c2c[nH]c3ccccc23)n1C1CC1. The minimum Gasteiger partial charge on any atom is -0.360 e. The number of thioether (sulfide) groups is 1. The molecule has 1 atom stereocenters. The van der Waals surface area contributed by atoms with Gasteiger partial charge in [0.2, 0.25) is 5.91 Å². The molecule has 0 unspecified atom stereocenters. The Hall–Kier alpha value is -3.07. The maximum atomic E-state index is 12.9. The Kier molecular flexibility index (Phi) is 4.85. The van der Waals surface area contributed by atoms with Crippen LogP contribution in [0.1, 0.15) is 37.2 Å². The summed E-state index contributed by atoms with van der Waals surface area (Å²) in [4.78, 5) is 16.2. The summed E-state index contributed by atoms with van der Waals surface area (Å²) in [5.74, 6) is 0.789. The third-order valence-corrected chi connectivity index (χ3v) is 6.87. The number of benzene rings is 1. The van der Waals surface area contributed by atoms with E-state index in [9.17, 15) is 4.79 Å². The lowest BCUT2D eigenvalue weighted by Gasteiger charge is -2.13. The number of aryl methyl sites for hydroxylation is 2. The van der Waals surface area contributed by atoms with Crippen LogP contribution in [0.15, 0.2) is 35.6 Å². The van der Waals surface area contributed by atoms with Crippen LogP contribution in [0.4, 0.5) is 5.69 Å². The predicted molar refractivity (Wildman–Crippen MR) is 122 cm³/mol. The fourth-order valence-corrected chi connectivity index (χ4v) is 4.77. The van der Waals surface area contributed by atoms with Gasteiger partial charge in [-0.2, -0.15) is 5.10 Å². The summed E-state index contributed by atoms with van der Waals surface area (Å²) in [6.45, 7) is 5.75. The summed E-state index contributed by atoms with van der Waals surface area (Å²) < 4.78 is 3.98. The molecule has 1 aliphatic rings. The number of rotatable bonds is 6. The molecule has 0 saturated heterocycles. The van der Waals surface area contributed by atoms with E-state index in [0.29, 0.717) is 6.04 Å². The summed E-state index contributed by atoms with van der Waals surface area (Å²) in [5, 5.41) is 18.0. The van der Waals surface area contributed by atoms with Gasteiger partial charge in [0.25, 0.3) is 0 Å². The smallest absolute Gasteiger partial charge is 0.237 e. The predicted octanol–water partition coefficient (Wildman–Crippen LogP) is 4.23. The molecular weight excluding hydrogens is 410 g/mol. The largest absolute Gasteiger partial charge is 0.360 e. The van der Waals surface area contributed by atoms with Crippen molar-refractivity contribution in [2.75, 3.05) is 5.32 Å². The third kappa shape index (κ3) is 3.52. The number of amides is 1. The number of fused-ring (bicyclic) bond motifs is 1. The van der Waals surface area contributed by atoms with E-state index in [1.165, 1.54) is 11.8 Å². The van der Waals surface area contributed by atoms with Gasteiger partial charge in [0, 0.05) is 35.8 Å². The Bertz CT molecular complexity index is 1280. The first-order chi connectivity index (χ1) is 14.9. The quantitative estimate of drug-likeness (QED) is 0.442. The molecule has 4 aromatic rings. The number of carbonyl (C=O) groups excluding carboxylic acids is 1. The van der Waals surface area contributed by atoms with Gasteiger partial charge in [-0.3, -0.25) is 14.0 Å². The Labute approximate surface area is 184 Å². The summed E-state index contributed by atoms with van der Waals surface area (Å²) in [7, 11) is 1.88. The van der Waals surface area contributed by atoms with Crippen molar-refractivity contribution in [3.05, 3.63) is 41.9 Å². The van der Waals surface area contributed by atoms with Gasteiger partial charge in [-0.15, -0.1) is 10.2 Å². The van der Waals surface area contributed by atoms with Gasteiger partial charge in [-0.25, -0.2) is 0 Å². The molecule has 0 bridgehead atoms. The van der Waals surface area contributed by atoms with Gasteiger partial charge >= 0.3 is 0 Å². The summed E-state index contributed by atoms with van der Waals surface area (Å²) in [6, 6.07) is 8.58. The average molecular weight is 436 g/mol. The van der Waals surface area contributed by atoms with Gasteiger partial charge < -0.3 is 10.3 Å². The van der Waals surface area contributed by atoms with E-state index >= 15 is 0 Å². The van der Waals surface area contributed by atoms with Crippen LogP contribution in [0.5, 0.6) is 0 Å². The van der Waals surface area contributed by atoms with Crippen LogP contribution in [-0.4, -0.2) is 40.7 Å². The van der Waals surface area contributed by atoms with Crippen LogP contribution in [0.3, 0.4) is 0 Å². The normalized spacial score (nSPS) is 14.8. The first-order valence-corrected chi connectivity index (χ1v) is 11.3. The van der Waals surface area contributed by atoms with Crippen LogP contribution < -0.4 is 5.32 Å². The second-order valence-electron chi connectivity index (χ2n) is 8.07. The zero-order valence-corrected chi connectivity index (χ0v) is 18.8. The number of hydrogen-bond acceptors (Lipinski definition) is 5. The Morgan fingerprint density at radius 3 is 2.74 bits per heavy atom. The molecule has 1 aliphatic carbocycles.